The zero-order valence-corrected chi connectivity index (χ0v) is 10.7. The SMILES string of the molecule is Cc1nc(Cc2ccc(F)c(F)c2)sc1NC(=O)O. The van der Waals surface area contributed by atoms with Crippen LogP contribution in [0.2, 0.25) is 0 Å². The first-order chi connectivity index (χ1) is 8.95. The number of rotatable bonds is 3. The standard InChI is InChI=1S/C12H10F2N2O2S/c1-6-11(16-12(17)18)19-10(15-6)5-7-2-3-8(13)9(14)4-7/h2-4,16H,5H2,1H3,(H,17,18). The Bertz CT molecular complexity index is 628. The van der Waals surface area contributed by atoms with Crippen molar-refractivity contribution < 1.29 is 18.7 Å². The predicted molar refractivity (Wildman–Crippen MR) is 67.7 cm³/mol. The molecule has 4 nitrogen and oxygen atoms in total. The van der Waals surface area contributed by atoms with E-state index in [1.165, 1.54) is 17.4 Å². The number of aromatic nitrogens is 1. The van der Waals surface area contributed by atoms with Gasteiger partial charge in [-0.1, -0.05) is 6.07 Å². The quantitative estimate of drug-likeness (QED) is 0.908. The van der Waals surface area contributed by atoms with E-state index in [1.807, 2.05) is 0 Å². The van der Waals surface area contributed by atoms with E-state index in [1.54, 1.807) is 6.92 Å². The van der Waals surface area contributed by atoms with E-state index in [9.17, 15) is 13.6 Å². The molecule has 0 aliphatic heterocycles. The molecule has 0 saturated carbocycles. The molecule has 1 aromatic carbocycles. The molecular formula is C12H10F2N2O2S. The van der Waals surface area contributed by atoms with Crippen LogP contribution in [0.4, 0.5) is 18.6 Å². The van der Waals surface area contributed by atoms with E-state index in [0.29, 0.717) is 27.7 Å². The van der Waals surface area contributed by atoms with Crippen molar-refractivity contribution in [2.75, 3.05) is 5.32 Å². The Balaban J connectivity index is 2.19. The highest BCUT2D eigenvalue weighted by Crippen LogP contribution is 2.26. The van der Waals surface area contributed by atoms with Crippen molar-refractivity contribution in [3.05, 3.63) is 46.1 Å². The summed E-state index contributed by atoms with van der Waals surface area (Å²) in [5, 5.41) is 11.9. The fourth-order valence-corrected chi connectivity index (χ4v) is 2.55. The van der Waals surface area contributed by atoms with Gasteiger partial charge in [-0.25, -0.2) is 18.6 Å². The second kappa shape index (κ2) is 5.31. The molecule has 2 rings (SSSR count). The average Bonchev–Trinajstić information content (AvgIpc) is 2.64. The summed E-state index contributed by atoms with van der Waals surface area (Å²) in [6.45, 7) is 1.68. The molecular weight excluding hydrogens is 274 g/mol. The number of aryl methyl sites for hydroxylation is 1. The summed E-state index contributed by atoms with van der Waals surface area (Å²) in [5.41, 5.74) is 1.14. The summed E-state index contributed by atoms with van der Waals surface area (Å²) < 4.78 is 25.8. The van der Waals surface area contributed by atoms with Crippen LogP contribution in [0.15, 0.2) is 18.2 Å². The zero-order chi connectivity index (χ0) is 14.0. The van der Waals surface area contributed by atoms with Gasteiger partial charge in [0.25, 0.3) is 0 Å². The lowest BCUT2D eigenvalue weighted by Crippen LogP contribution is -2.06. The monoisotopic (exact) mass is 284 g/mol. The molecule has 0 fully saturated rings. The van der Waals surface area contributed by atoms with Crippen LogP contribution in [0.25, 0.3) is 0 Å². The first-order valence-electron chi connectivity index (χ1n) is 5.36. The third-order valence-corrected chi connectivity index (χ3v) is 3.47. The van der Waals surface area contributed by atoms with Crippen LogP contribution in [-0.4, -0.2) is 16.2 Å². The van der Waals surface area contributed by atoms with E-state index in [0.717, 1.165) is 12.1 Å². The molecule has 7 heteroatoms. The summed E-state index contributed by atoms with van der Waals surface area (Å²) >= 11 is 1.17. The Morgan fingerprint density at radius 1 is 1.42 bits per heavy atom. The van der Waals surface area contributed by atoms with Gasteiger partial charge in [-0.2, -0.15) is 0 Å². The van der Waals surface area contributed by atoms with Gasteiger partial charge in [0, 0.05) is 6.42 Å². The smallest absolute Gasteiger partial charge is 0.409 e. The van der Waals surface area contributed by atoms with Gasteiger partial charge in [-0.15, -0.1) is 11.3 Å². The molecule has 0 aliphatic rings. The lowest BCUT2D eigenvalue weighted by molar-refractivity contribution is 0.210. The number of anilines is 1. The van der Waals surface area contributed by atoms with Gasteiger partial charge in [-0.3, -0.25) is 5.32 Å². The molecule has 2 N–H and O–H groups in total. The van der Waals surface area contributed by atoms with Gasteiger partial charge < -0.3 is 5.11 Å². The zero-order valence-electron chi connectivity index (χ0n) is 9.91. The van der Waals surface area contributed by atoms with E-state index in [2.05, 4.69) is 10.3 Å². The maximum Gasteiger partial charge on any atom is 0.409 e. The number of carboxylic acid groups (broad SMARTS) is 1. The minimum Gasteiger partial charge on any atom is -0.465 e. The largest absolute Gasteiger partial charge is 0.465 e. The molecule has 0 atom stereocenters. The minimum absolute atomic E-state index is 0.323. The number of carbonyl (C=O) groups is 1. The molecule has 1 heterocycles. The fraction of sp³-hybridized carbons (Fsp3) is 0.167. The van der Waals surface area contributed by atoms with E-state index >= 15 is 0 Å². The van der Waals surface area contributed by atoms with Crippen LogP contribution < -0.4 is 5.32 Å². The summed E-state index contributed by atoms with van der Waals surface area (Å²) in [7, 11) is 0. The summed E-state index contributed by atoms with van der Waals surface area (Å²) in [5.74, 6) is -1.80. The van der Waals surface area contributed by atoms with Crippen LogP contribution in [-0.2, 0) is 6.42 Å². The molecule has 1 aromatic heterocycles. The first-order valence-corrected chi connectivity index (χ1v) is 6.17. The van der Waals surface area contributed by atoms with Crippen LogP contribution >= 0.6 is 11.3 Å². The molecule has 0 aliphatic carbocycles. The number of nitrogens with zero attached hydrogens (tertiary/aromatic N) is 1. The fourth-order valence-electron chi connectivity index (χ4n) is 1.57. The summed E-state index contributed by atoms with van der Waals surface area (Å²) in [4.78, 5) is 14.7. The molecule has 100 valence electrons. The first kappa shape index (κ1) is 13.4. The predicted octanol–water partition coefficient (Wildman–Crippen LogP) is 3.41. The van der Waals surface area contributed by atoms with Crippen LogP contribution in [0.1, 0.15) is 16.3 Å². The number of hydrogen-bond acceptors (Lipinski definition) is 3. The third kappa shape index (κ3) is 3.25. The molecule has 0 spiro atoms. The Morgan fingerprint density at radius 2 is 2.16 bits per heavy atom. The van der Waals surface area contributed by atoms with Crippen molar-refractivity contribution in [2.45, 2.75) is 13.3 Å². The number of thiazole rings is 1. The van der Waals surface area contributed by atoms with Crippen molar-refractivity contribution in [1.82, 2.24) is 4.98 Å². The highest BCUT2D eigenvalue weighted by Gasteiger charge is 2.11. The van der Waals surface area contributed by atoms with E-state index < -0.39 is 17.7 Å². The van der Waals surface area contributed by atoms with Crippen LogP contribution in [0, 0.1) is 18.6 Å². The third-order valence-electron chi connectivity index (χ3n) is 2.40. The number of nitrogens with one attached hydrogen (secondary N) is 1. The lowest BCUT2D eigenvalue weighted by Gasteiger charge is -1.99. The Labute approximate surface area is 111 Å². The molecule has 2 aromatic rings. The molecule has 0 bridgehead atoms. The molecule has 0 radical (unpaired) electrons. The second-order valence-electron chi connectivity index (χ2n) is 3.88. The number of amides is 1. The Kier molecular flexibility index (Phi) is 3.75. The van der Waals surface area contributed by atoms with Crippen molar-refractivity contribution in [3.8, 4) is 0 Å². The summed E-state index contributed by atoms with van der Waals surface area (Å²) in [6.07, 6.45) is -0.838. The van der Waals surface area contributed by atoms with Crippen molar-refractivity contribution in [2.24, 2.45) is 0 Å². The van der Waals surface area contributed by atoms with Gasteiger partial charge in [0.1, 0.15) is 5.00 Å². The summed E-state index contributed by atoms with van der Waals surface area (Å²) in [6, 6.07) is 3.64. The molecule has 19 heavy (non-hydrogen) atoms. The maximum atomic E-state index is 13.1. The van der Waals surface area contributed by atoms with Crippen molar-refractivity contribution >= 4 is 22.4 Å². The lowest BCUT2D eigenvalue weighted by atomic mass is 10.1. The van der Waals surface area contributed by atoms with E-state index in [4.69, 9.17) is 5.11 Å². The molecule has 0 unspecified atom stereocenters. The van der Waals surface area contributed by atoms with Gasteiger partial charge >= 0.3 is 6.09 Å². The van der Waals surface area contributed by atoms with Gasteiger partial charge in [0.2, 0.25) is 0 Å². The Hall–Kier alpha value is -2.02. The highest BCUT2D eigenvalue weighted by molar-refractivity contribution is 7.16. The van der Waals surface area contributed by atoms with Crippen LogP contribution in [0.5, 0.6) is 0 Å². The Morgan fingerprint density at radius 3 is 2.79 bits per heavy atom. The van der Waals surface area contributed by atoms with Gasteiger partial charge in [0.05, 0.1) is 10.7 Å². The average molecular weight is 284 g/mol. The van der Waals surface area contributed by atoms with Gasteiger partial charge in [-0.05, 0) is 24.6 Å². The van der Waals surface area contributed by atoms with Crippen LogP contribution in [0.3, 0.4) is 0 Å². The van der Waals surface area contributed by atoms with Crippen molar-refractivity contribution in [3.63, 3.8) is 0 Å². The topological polar surface area (TPSA) is 62.2 Å². The minimum atomic E-state index is -1.16. The molecule has 1 amide bonds. The molecule has 0 saturated heterocycles. The number of hydrogen-bond donors (Lipinski definition) is 2. The number of halogens is 2. The number of benzene rings is 1. The van der Waals surface area contributed by atoms with Gasteiger partial charge in [0.15, 0.2) is 11.6 Å². The van der Waals surface area contributed by atoms with E-state index in [-0.39, 0.29) is 0 Å². The maximum absolute atomic E-state index is 13.1. The normalized spacial score (nSPS) is 10.5. The highest BCUT2D eigenvalue weighted by atomic mass is 32.1. The van der Waals surface area contributed by atoms with Crippen molar-refractivity contribution in [1.29, 1.82) is 0 Å². The second-order valence-corrected chi connectivity index (χ2v) is 4.96.